The van der Waals surface area contributed by atoms with Crippen LogP contribution in [0.3, 0.4) is 0 Å². The van der Waals surface area contributed by atoms with Gasteiger partial charge in [-0.05, 0) is 74.2 Å². The second-order valence-electron chi connectivity index (χ2n) is 3.56. The van der Waals surface area contributed by atoms with Gasteiger partial charge in [-0.2, -0.15) is 11.3 Å². The molecule has 1 atom stereocenters. The summed E-state index contributed by atoms with van der Waals surface area (Å²) in [5, 5.41) is 7.42. The third-order valence-corrected chi connectivity index (χ3v) is 5.20. The van der Waals surface area contributed by atoms with Gasteiger partial charge in [0.1, 0.15) is 5.82 Å². The number of thiophene rings is 1. The minimum Gasteiger partial charge on any atom is -0.309 e. The van der Waals surface area contributed by atoms with E-state index in [1.165, 1.54) is 11.6 Å². The molecule has 2 aromatic rings. The first kappa shape index (κ1) is 13.5. The van der Waals surface area contributed by atoms with Gasteiger partial charge in [0.25, 0.3) is 0 Å². The largest absolute Gasteiger partial charge is 0.309 e. The molecule has 0 fully saturated rings. The average Bonchev–Trinajstić information content (AvgIpc) is 2.69. The van der Waals surface area contributed by atoms with E-state index in [4.69, 9.17) is 0 Å². The zero-order valence-corrected chi connectivity index (χ0v) is 13.6. The molecule has 1 heterocycles. The van der Waals surface area contributed by atoms with Crippen molar-refractivity contribution in [3.8, 4) is 0 Å². The van der Waals surface area contributed by atoms with Crippen LogP contribution in [0.5, 0.6) is 0 Å². The Morgan fingerprint density at radius 3 is 2.65 bits per heavy atom. The summed E-state index contributed by atoms with van der Waals surface area (Å²) < 4.78 is 15.1. The molecule has 17 heavy (non-hydrogen) atoms. The maximum atomic E-state index is 13.1. The molecular formula is C12H10BrFINS. The summed E-state index contributed by atoms with van der Waals surface area (Å²) in [5.41, 5.74) is 2.27. The molecule has 1 nitrogen and oxygen atoms in total. The predicted molar refractivity (Wildman–Crippen MR) is 82.0 cm³/mol. The van der Waals surface area contributed by atoms with E-state index < -0.39 is 0 Å². The zero-order chi connectivity index (χ0) is 12.4. The Hall–Kier alpha value is 0.0200. The smallest absolute Gasteiger partial charge is 0.124 e. The van der Waals surface area contributed by atoms with E-state index in [1.807, 2.05) is 13.1 Å². The van der Waals surface area contributed by atoms with Gasteiger partial charge in [-0.1, -0.05) is 6.07 Å². The van der Waals surface area contributed by atoms with Crippen LogP contribution in [-0.4, -0.2) is 7.05 Å². The summed E-state index contributed by atoms with van der Waals surface area (Å²) in [6.45, 7) is 0. The van der Waals surface area contributed by atoms with Crippen molar-refractivity contribution in [3.63, 3.8) is 0 Å². The topological polar surface area (TPSA) is 12.0 Å². The molecule has 5 heteroatoms. The zero-order valence-electron chi connectivity index (χ0n) is 9.01. The lowest BCUT2D eigenvalue weighted by Gasteiger charge is -2.18. The highest BCUT2D eigenvalue weighted by atomic mass is 127. The minimum atomic E-state index is -0.197. The van der Waals surface area contributed by atoms with E-state index in [0.29, 0.717) is 0 Å². The van der Waals surface area contributed by atoms with Crippen LogP contribution in [0.4, 0.5) is 4.39 Å². The molecule has 0 aliphatic carbocycles. The van der Waals surface area contributed by atoms with Gasteiger partial charge >= 0.3 is 0 Å². The molecule has 0 amide bonds. The molecule has 0 aliphatic heterocycles. The standard InChI is InChI=1S/C12H10BrFINS/c1-16-12(9-5-17-6-10(9)13)8-3-2-7(14)4-11(8)15/h2-6,12,16H,1H3. The summed E-state index contributed by atoms with van der Waals surface area (Å²) in [7, 11) is 1.91. The van der Waals surface area contributed by atoms with Crippen LogP contribution in [0.25, 0.3) is 0 Å². The van der Waals surface area contributed by atoms with Crippen molar-refractivity contribution in [1.82, 2.24) is 5.32 Å². The van der Waals surface area contributed by atoms with Crippen LogP contribution in [-0.2, 0) is 0 Å². The predicted octanol–water partition coefficient (Wildman–Crippen LogP) is 4.56. The number of benzene rings is 1. The Bertz CT molecular complexity index is 529. The van der Waals surface area contributed by atoms with Crippen molar-refractivity contribution < 1.29 is 4.39 Å². The summed E-state index contributed by atoms with van der Waals surface area (Å²) >= 11 is 7.36. The van der Waals surface area contributed by atoms with Crippen LogP contribution in [0, 0.1) is 9.39 Å². The lowest BCUT2D eigenvalue weighted by Crippen LogP contribution is -2.18. The lowest BCUT2D eigenvalue weighted by molar-refractivity contribution is 0.621. The highest BCUT2D eigenvalue weighted by Gasteiger charge is 2.18. The van der Waals surface area contributed by atoms with Gasteiger partial charge < -0.3 is 5.32 Å². The molecule has 1 N–H and O–H groups in total. The second-order valence-corrected chi connectivity index (χ2v) is 6.32. The number of nitrogens with one attached hydrogen (secondary N) is 1. The molecule has 0 spiro atoms. The van der Waals surface area contributed by atoms with Crippen molar-refractivity contribution >= 4 is 49.9 Å². The van der Waals surface area contributed by atoms with E-state index in [1.54, 1.807) is 17.4 Å². The lowest BCUT2D eigenvalue weighted by atomic mass is 10.0. The van der Waals surface area contributed by atoms with Gasteiger partial charge in [-0.25, -0.2) is 4.39 Å². The van der Waals surface area contributed by atoms with Crippen LogP contribution in [0.2, 0.25) is 0 Å². The van der Waals surface area contributed by atoms with E-state index in [-0.39, 0.29) is 11.9 Å². The van der Waals surface area contributed by atoms with Crippen LogP contribution in [0.15, 0.2) is 33.4 Å². The first-order chi connectivity index (χ1) is 8.13. The van der Waals surface area contributed by atoms with Gasteiger partial charge in [0.15, 0.2) is 0 Å². The molecule has 1 aromatic heterocycles. The number of hydrogen-bond donors (Lipinski definition) is 1. The van der Waals surface area contributed by atoms with E-state index >= 15 is 0 Å². The molecule has 90 valence electrons. The summed E-state index contributed by atoms with van der Waals surface area (Å²) in [4.78, 5) is 0. The first-order valence-corrected chi connectivity index (χ1v) is 7.78. The van der Waals surface area contributed by atoms with Gasteiger partial charge in [0, 0.05) is 13.4 Å². The van der Waals surface area contributed by atoms with E-state index in [9.17, 15) is 4.39 Å². The highest BCUT2D eigenvalue weighted by Crippen LogP contribution is 2.33. The fourth-order valence-electron chi connectivity index (χ4n) is 1.71. The van der Waals surface area contributed by atoms with Gasteiger partial charge in [-0.15, -0.1) is 0 Å². The molecule has 0 aliphatic rings. The molecular weight excluding hydrogens is 416 g/mol. The molecule has 2 rings (SSSR count). The molecule has 0 bridgehead atoms. The molecule has 0 saturated carbocycles. The monoisotopic (exact) mass is 425 g/mol. The summed E-state index contributed by atoms with van der Waals surface area (Å²) in [5.74, 6) is -0.197. The van der Waals surface area contributed by atoms with Crippen molar-refractivity contribution in [2.75, 3.05) is 7.05 Å². The third-order valence-electron chi connectivity index (χ3n) is 2.52. The van der Waals surface area contributed by atoms with Crippen LogP contribution >= 0.6 is 49.9 Å². The second kappa shape index (κ2) is 5.77. The molecule has 0 saturated heterocycles. The SMILES string of the molecule is CNC(c1cscc1Br)c1ccc(F)cc1I. The van der Waals surface area contributed by atoms with Gasteiger partial charge in [-0.3, -0.25) is 0 Å². The summed E-state index contributed by atoms with van der Waals surface area (Å²) in [6.07, 6.45) is 0. The van der Waals surface area contributed by atoms with E-state index in [0.717, 1.165) is 13.6 Å². The maximum absolute atomic E-state index is 13.1. The number of hydrogen-bond acceptors (Lipinski definition) is 2. The van der Waals surface area contributed by atoms with Crippen molar-refractivity contribution in [2.24, 2.45) is 0 Å². The minimum absolute atomic E-state index is 0.0862. The number of rotatable bonds is 3. The van der Waals surface area contributed by atoms with Gasteiger partial charge in [0.05, 0.1) is 6.04 Å². The quantitative estimate of drug-likeness (QED) is 0.710. The Labute approximate surface area is 126 Å². The Morgan fingerprint density at radius 1 is 1.35 bits per heavy atom. The summed E-state index contributed by atoms with van der Waals surface area (Å²) in [6, 6.07) is 4.98. The Morgan fingerprint density at radius 2 is 2.12 bits per heavy atom. The number of halogens is 3. The Balaban J connectivity index is 2.46. The van der Waals surface area contributed by atoms with E-state index in [2.05, 4.69) is 54.6 Å². The fourth-order valence-corrected chi connectivity index (χ4v) is 4.05. The first-order valence-electron chi connectivity index (χ1n) is 4.97. The normalized spacial score (nSPS) is 12.7. The average molecular weight is 426 g/mol. The van der Waals surface area contributed by atoms with Gasteiger partial charge in [0.2, 0.25) is 0 Å². The third kappa shape index (κ3) is 2.89. The highest BCUT2D eigenvalue weighted by molar-refractivity contribution is 14.1. The van der Waals surface area contributed by atoms with Crippen molar-refractivity contribution in [2.45, 2.75) is 6.04 Å². The molecule has 1 unspecified atom stereocenters. The van der Waals surface area contributed by atoms with Crippen molar-refractivity contribution in [1.29, 1.82) is 0 Å². The fraction of sp³-hybridized carbons (Fsp3) is 0.167. The maximum Gasteiger partial charge on any atom is 0.124 e. The molecule has 0 radical (unpaired) electrons. The van der Waals surface area contributed by atoms with Crippen LogP contribution in [0.1, 0.15) is 17.2 Å². The Kier molecular flexibility index (Phi) is 4.57. The van der Waals surface area contributed by atoms with Crippen molar-refractivity contribution in [3.05, 3.63) is 53.9 Å². The molecule has 1 aromatic carbocycles. The van der Waals surface area contributed by atoms with Crippen LogP contribution < -0.4 is 5.32 Å².